The van der Waals surface area contributed by atoms with Gasteiger partial charge in [0.25, 0.3) is 5.91 Å². The van der Waals surface area contributed by atoms with Crippen molar-refractivity contribution < 1.29 is 18.0 Å². The molecule has 3 rings (SSSR count). The lowest BCUT2D eigenvalue weighted by molar-refractivity contribution is -0.145. The second kappa shape index (κ2) is 8.56. The van der Waals surface area contributed by atoms with Crippen LogP contribution in [-0.2, 0) is 6.18 Å². The molecule has 0 saturated carbocycles. The summed E-state index contributed by atoms with van der Waals surface area (Å²) in [6.07, 6.45) is -0.846. The average Bonchev–Trinajstić information content (AvgIpc) is 2.73. The molecule has 1 amide bonds. The van der Waals surface area contributed by atoms with Crippen LogP contribution in [0, 0.1) is 0 Å². The van der Waals surface area contributed by atoms with Crippen molar-refractivity contribution in [3.63, 3.8) is 0 Å². The van der Waals surface area contributed by atoms with Gasteiger partial charge in [-0.25, -0.2) is 9.97 Å². The van der Waals surface area contributed by atoms with Crippen LogP contribution in [0.3, 0.4) is 0 Å². The molecule has 0 radical (unpaired) electrons. The Hall–Kier alpha value is -3.36. The van der Waals surface area contributed by atoms with Crippen molar-refractivity contribution >= 4 is 5.91 Å². The first-order valence-electron chi connectivity index (χ1n) is 9.28. The molecule has 30 heavy (non-hydrogen) atoms. The third kappa shape index (κ3) is 4.97. The molecule has 0 aromatic carbocycles. The van der Waals surface area contributed by atoms with Gasteiger partial charge in [-0.3, -0.25) is 14.8 Å². The van der Waals surface area contributed by atoms with E-state index in [1.165, 1.54) is 0 Å². The Morgan fingerprint density at radius 2 is 1.70 bits per heavy atom. The van der Waals surface area contributed by atoms with Crippen molar-refractivity contribution in [2.24, 2.45) is 0 Å². The van der Waals surface area contributed by atoms with E-state index < -0.39 is 18.0 Å². The molecule has 0 bridgehead atoms. The van der Waals surface area contributed by atoms with E-state index in [0.29, 0.717) is 22.5 Å². The van der Waals surface area contributed by atoms with Crippen molar-refractivity contribution in [1.29, 1.82) is 0 Å². The number of carbonyl (C=O) groups is 1. The fraction of sp³-hybridized carbons (Fsp3) is 0.286. The molecule has 6 nitrogen and oxygen atoms in total. The third-order valence-electron chi connectivity index (χ3n) is 4.40. The Morgan fingerprint density at radius 3 is 2.27 bits per heavy atom. The van der Waals surface area contributed by atoms with Crippen LogP contribution >= 0.6 is 0 Å². The predicted molar refractivity (Wildman–Crippen MR) is 104 cm³/mol. The summed E-state index contributed by atoms with van der Waals surface area (Å²) in [6.45, 7) is 5.58. The van der Waals surface area contributed by atoms with Crippen molar-refractivity contribution in [1.82, 2.24) is 25.3 Å². The number of hydrogen-bond donors (Lipinski definition) is 1. The fourth-order valence-corrected chi connectivity index (χ4v) is 2.70. The zero-order chi connectivity index (χ0) is 21.9. The number of hydrogen-bond acceptors (Lipinski definition) is 5. The number of amides is 1. The van der Waals surface area contributed by atoms with Crippen LogP contribution in [0.25, 0.3) is 11.4 Å². The quantitative estimate of drug-likeness (QED) is 0.660. The highest BCUT2D eigenvalue weighted by molar-refractivity contribution is 5.95. The lowest BCUT2D eigenvalue weighted by atomic mass is 10.0. The third-order valence-corrected chi connectivity index (χ3v) is 4.40. The van der Waals surface area contributed by atoms with Gasteiger partial charge in [0.15, 0.2) is 0 Å². The number of pyridine rings is 2. The first kappa shape index (κ1) is 21.4. The van der Waals surface area contributed by atoms with Crippen molar-refractivity contribution in [2.45, 2.75) is 38.9 Å². The van der Waals surface area contributed by atoms with Gasteiger partial charge in [-0.05, 0) is 37.1 Å². The highest BCUT2D eigenvalue weighted by Gasteiger charge is 2.34. The second-order valence-electron chi connectivity index (χ2n) is 7.07. The van der Waals surface area contributed by atoms with Gasteiger partial charge in [-0.2, -0.15) is 13.2 Å². The maximum Gasteiger partial charge on any atom is 0.451 e. The zero-order valence-electron chi connectivity index (χ0n) is 16.6. The van der Waals surface area contributed by atoms with Crippen molar-refractivity contribution in [3.8, 4) is 11.4 Å². The summed E-state index contributed by atoms with van der Waals surface area (Å²) in [5.74, 6) is -1.52. The van der Waals surface area contributed by atoms with Gasteiger partial charge in [-0.15, -0.1) is 0 Å². The minimum Gasteiger partial charge on any atom is -0.345 e. The van der Waals surface area contributed by atoms with Crippen LogP contribution in [0.5, 0.6) is 0 Å². The Morgan fingerprint density at radius 1 is 1.00 bits per heavy atom. The molecular weight excluding hydrogens is 395 g/mol. The smallest absolute Gasteiger partial charge is 0.345 e. The minimum absolute atomic E-state index is 0.0842. The number of rotatable bonds is 5. The van der Waals surface area contributed by atoms with Crippen LogP contribution in [0.15, 0.2) is 48.9 Å². The van der Waals surface area contributed by atoms with Gasteiger partial charge in [0.2, 0.25) is 5.82 Å². The molecule has 156 valence electrons. The Kier molecular flexibility index (Phi) is 6.09. The molecule has 0 fully saturated rings. The number of nitrogens with one attached hydrogen (secondary N) is 1. The zero-order valence-corrected chi connectivity index (χ0v) is 16.6. The lowest BCUT2D eigenvalue weighted by Crippen LogP contribution is -2.27. The molecule has 1 atom stereocenters. The number of carbonyl (C=O) groups excluding carboxylic acids is 1. The average molecular weight is 415 g/mol. The summed E-state index contributed by atoms with van der Waals surface area (Å²) < 4.78 is 37.9. The number of halogens is 3. The van der Waals surface area contributed by atoms with Gasteiger partial charge in [0.05, 0.1) is 17.4 Å². The first-order valence-corrected chi connectivity index (χ1v) is 9.28. The monoisotopic (exact) mass is 415 g/mol. The van der Waals surface area contributed by atoms with E-state index in [1.54, 1.807) is 37.4 Å². The van der Waals surface area contributed by atoms with Crippen LogP contribution in [-0.4, -0.2) is 25.8 Å². The SMILES string of the molecule is CC(C)c1cc(C(=O)N[C@H](C)c2cnc(C(F)(F)F)nc2)cc(-c2ccccn2)n1. The van der Waals surface area contributed by atoms with E-state index >= 15 is 0 Å². The highest BCUT2D eigenvalue weighted by Crippen LogP contribution is 2.26. The molecule has 9 heteroatoms. The first-order chi connectivity index (χ1) is 14.1. The molecular formula is C21H20F3N5O. The molecule has 0 spiro atoms. The van der Waals surface area contributed by atoms with E-state index in [2.05, 4.69) is 25.3 Å². The summed E-state index contributed by atoms with van der Waals surface area (Å²) in [5.41, 5.74) is 2.68. The normalized spacial score (nSPS) is 12.6. The molecule has 3 heterocycles. The van der Waals surface area contributed by atoms with E-state index in [-0.39, 0.29) is 11.8 Å². The van der Waals surface area contributed by atoms with Gasteiger partial charge < -0.3 is 5.32 Å². The molecule has 0 aliphatic rings. The Balaban J connectivity index is 1.84. The predicted octanol–water partition coefficient (Wildman–Crippen LogP) is 4.57. The molecule has 3 aromatic rings. The molecule has 0 unspecified atom stereocenters. The van der Waals surface area contributed by atoms with E-state index in [0.717, 1.165) is 18.1 Å². The summed E-state index contributed by atoms with van der Waals surface area (Å²) in [4.78, 5) is 28.4. The molecule has 1 N–H and O–H groups in total. The van der Waals surface area contributed by atoms with Crippen LogP contribution in [0.2, 0.25) is 0 Å². The van der Waals surface area contributed by atoms with Crippen LogP contribution in [0.1, 0.15) is 60.2 Å². The number of nitrogens with zero attached hydrogens (tertiary/aromatic N) is 4. The summed E-state index contributed by atoms with van der Waals surface area (Å²) >= 11 is 0. The van der Waals surface area contributed by atoms with Crippen LogP contribution in [0.4, 0.5) is 13.2 Å². The maximum atomic E-state index is 12.8. The molecule has 3 aromatic heterocycles. The van der Waals surface area contributed by atoms with Crippen molar-refractivity contribution in [2.75, 3.05) is 0 Å². The summed E-state index contributed by atoms with van der Waals surface area (Å²) in [5, 5.41) is 2.77. The number of alkyl halides is 3. The Labute approximate surface area is 171 Å². The minimum atomic E-state index is -4.61. The van der Waals surface area contributed by atoms with E-state index in [1.807, 2.05) is 19.9 Å². The fourth-order valence-electron chi connectivity index (χ4n) is 2.70. The summed E-state index contributed by atoms with van der Waals surface area (Å²) in [6, 6.07) is 8.17. The second-order valence-corrected chi connectivity index (χ2v) is 7.07. The highest BCUT2D eigenvalue weighted by atomic mass is 19.4. The van der Waals surface area contributed by atoms with Gasteiger partial charge in [-0.1, -0.05) is 19.9 Å². The van der Waals surface area contributed by atoms with Crippen molar-refractivity contribution in [3.05, 3.63) is 71.6 Å². The Bertz CT molecular complexity index is 1020. The van der Waals surface area contributed by atoms with Crippen LogP contribution < -0.4 is 5.32 Å². The van der Waals surface area contributed by atoms with Gasteiger partial charge in [0.1, 0.15) is 0 Å². The topological polar surface area (TPSA) is 80.7 Å². The maximum absolute atomic E-state index is 12.8. The standard InChI is InChI=1S/C21H20F3N5O/c1-12(2)17-8-14(9-18(29-17)16-6-4-5-7-25-16)19(30)28-13(3)15-10-26-20(27-11-15)21(22,23)24/h4-13H,1-3H3,(H,28,30)/t13-/m1/s1. The molecule has 0 aliphatic carbocycles. The molecule has 0 aliphatic heterocycles. The largest absolute Gasteiger partial charge is 0.451 e. The number of aromatic nitrogens is 4. The lowest BCUT2D eigenvalue weighted by Gasteiger charge is -2.16. The van der Waals surface area contributed by atoms with Gasteiger partial charge in [0, 0.05) is 35.4 Å². The van der Waals surface area contributed by atoms with Gasteiger partial charge >= 0.3 is 6.18 Å². The van der Waals surface area contributed by atoms with E-state index in [4.69, 9.17) is 0 Å². The van der Waals surface area contributed by atoms with E-state index in [9.17, 15) is 18.0 Å². The summed E-state index contributed by atoms with van der Waals surface area (Å²) in [7, 11) is 0. The molecule has 0 saturated heterocycles.